The maximum Gasteiger partial charge on any atom is 0.339 e. The maximum absolute atomic E-state index is 12.0. The summed E-state index contributed by atoms with van der Waals surface area (Å²) in [7, 11) is 0. The van der Waals surface area contributed by atoms with Gasteiger partial charge in [-0.25, -0.2) is 9.59 Å². The van der Waals surface area contributed by atoms with Crippen molar-refractivity contribution in [2.75, 3.05) is 6.61 Å². The molecule has 1 aliphatic rings. The Morgan fingerprint density at radius 3 is 2.50 bits per heavy atom. The summed E-state index contributed by atoms with van der Waals surface area (Å²) in [4.78, 5) is 23.8. The first-order valence-electron chi connectivity index (χ1n) is 6.19. The van der Waals surface area contributed by atoms with Crippen LogP contribution in [0.3, 0.4) is 0 Å². The van der Waals surface area contributed by atoms with E-state index >= 15 is 0 Å². The van der Waals surface area contributed by atoms with E-state index in [-0.39, 0.29) is 17.2 Å². The number of fused-ring (bicyclic) bond motifs is 1. The summed E-state index contributed by atoms with van der Waals surface area (Å²) in [5, 5.41) is 0. The lowest BCUT2D eigenvalue weighted by Gasteiger charge is -2.19. The predicted octanol–water partition coefficient (Wildman–Crippen LogP) is 2.57. The highest BCUT2D eigenvalue weighted by atomic mass is 16.5. The standard InChI is InChI=1S/C14H16O4/c1-2-10-6-5-9-17-13(15)11-7-3-4-8-12(11)14(16)18-10/h3-4,7-8,10H,2,5-6,9H2,1H3. The third-order valence-electron chi connectivity index (χ3n) is 3.00. The summed E-state index contributed by atoms with van der Waals surface area (Å²) in [6.07, 6.45) is 2.08. The van der Waals surface area contributed by atoms with E-state index in [1.165, 1.54) is 0 Å². The third kappa shape index (κ3) is 2.70. The highest BCUT2D eigenvalue weighted by Crippen LogP contribution is 2.17. The van der Waals surface area contributed by atoms with Gasteiger partial charge in [-0.3, -0.25) is 0 Å². The third-order valence-corrected chi connectivity index (χ3v) is 3.00. The van der Waals surface area contributed by atoms with Gasteiger partial charge in [-0.2, -0.15) is 0 Å². The Kier molecular flexibility index (Phi) is 3.97. The first kappa shape index (κ1) is 12.6. The van der Waals surface area contributed by atoms with Crippen molar-refractivity contribution in [1.82, 2.24) is 0 Å². The number of carbonyl (C=O) groups is 2. The molecule has 96 valence electrons. The second-order valence-electron chi connectivity index (χ2n) is 4.26. The van der Waals surface area contributed by atoms with Gasteiger partial charge in [0.25, 0.3) is 0 Å². The van der Waals surface area contributed by atoms with Gasteiger partial charge < -0.3 is 9.47 Å². The molecule has 0 spiro atoms. The average Bonchev–Trinajstić information content (AvgIpc) is 2.41. The van der Waals surface area contributed by atoms with Crippen LogP contribution >= 0.6 is 0 Å². The first-order valence-corrected chi connectivity index (χ1v) is 6.19. The summed E-state index contributed by atoms with van der Waals surface area (Å²) < 4.78 is 10.5. The molecule has 4 heteroatoms. The van der Waals surface area contributed by atoms with Gasteiger partial charge in [-0.15, -0.1) is 0 Å². The summed E-state index contributed by atoms with van der Waals surface area (Å²) in [5.74, 6) is -0.909. The van der Waals surface area contributed by atoms with E-state index in [0.717, 1.165) is 12.8 Å². The summed E-state index contributed by atoms with van der Waals surface area (Å²) in [6.45, 7) is 2.34. The monoisotopic (exact) mass is 248 g/mol. The molecule has 0 aliphatic carbocycles. The molecule has 1 aliphatic heterocycles. The molecule has 0 bridgehead atoms. The Morgan fingerprint density at radius 1 is 1.17 bits per heavy atom. The van der Waals surface area contributed by atoms with Gasteiger partial charge in [0.2, 0.25) is 0 Å². The van der Waals surface area contributed by atoms with Gasteiger partial charge >= 0.3 is 11.9 Å². The molecule has 1 aromatic carbocycles. The fourth-order valence-electron chi connectivity index (χ4n) is 1.95. The van der Waals surface area contributed by atoms with Crippen molar-refractivity contribution in [2.24, 2.45) is 0 Å². The minimum absolute atomic E-state index is 0.109. The number of cyclic esters (lactones) is 2. The molecule has 1 heterocycles. The predicted molar refractivity (Wildman–Crippen MR) is 65.5 cm³/mol. The molecule has 2 rings (SSSR count). The number of hydrogen-bond donors (Lipinski definition) is 0. The molecule has 0 radical (unpaired) electrons. The molecule has 1 unspecified atom stereocenters. The Morgan fingerprint density at radius 2 is 1.83 bits per heavy atom. The highest BCUT2D eigenvalue weighted by molar-refractivity contribution is 6.03. The van der Waals surface area contributed by atoms with Crippen LogP contribution in [-0.2, 0) is 9.47 Å². The fraction of sp³-hybridized carbons (Fsp3) is 0.429. The molecule has 0 fully saturated rings. The van der Waals surface area contributed by atoms with Crippen molar-refractivity contribution in [3.05, 3.63) is 35.4 Å². The molecule has 4 nitrogen and oxygen atoms in total. The number of benzene rings is 1. The van der Waals surface area contributed by atoms with Crippen LogP contribution in [0.25, 0.3) is 0 Å². The minimum atomic E-state index is -0.461. The lowest BCUT2D eigenvalue weighted by molar-refractivity contribution is 0.0203. The highest BCUT2D eigenvalue weighted by Gasteiger charge is 2.22. The number of carbonyl (C=O) groups excluding carboxylic acids is 2. The van der Waals surface area contributed by atoms with Gasteiger partial charge in [0, 0.05) is 0 Å². The molecular weight excluding hydrogens is 232 g/mol. The van der Waals surface area contributed by atoms with Crippen molar-refractivity contribution >= 4 is 11.9 Å². The van der Waals surface area contributed by atoms with Crippen LogP contribution in [-0.4, -0.2) is 24.6 Å². The average molecular weight is 248 g/mol. The van der Waals surface area contributed by atoms with Crippen LogP contribution < -0.4 is 0 Å². The van der Waals surface area contributed by atoms with Crippen molar-refractivity contribution in [3.63, 3.8) is 0 Å². The van der Waals surface area contributed by atoms with E-state index in [2.05, 4.69) is 0 Å². The van der Waals surface area contributed by atoms with Crippen LogP contribution in [0.5, 0.6) is 0 Å². The van der Waals surface area contributed by atoms with Crippen LogP contribution in [0.4, 0.5) is 0 Å². The van der Waals surface area contributed by atoms with Crippen LogP contribution in [0, 0.1) is 0 Å². The maximum atomic E-state index is 12.0. The topological polar surface area (TPSA) is 52.6 Å². The zero-order valence-corrected chi connectivity index (χ0v) is 10.3. The van der Waals surface area contributed by atoms with E-state index < -0.39 is 11.9 Å². The van der Waals surface area contributed by atoms with E-state index in [1.807, 2.05) is 6.92 Å². The second kappa shape index (κ2) is 5.67. The molecule has 18 heavy (non-hydrogen) atoms. The Labute approximate surface area is 106 Å². The van der Waals surface area contributed by atoms with Crippen LogP contribution in [0.2, 0.25) is 0 Å². The normalized spacial score (nSPS) is 20.6. The Bertz CT molecular complexity index is 453. The smallest absolute Gasteiger partial charge is 0.339 e. The van der Waals surface area contributed by atoms with Crippen molar-refractivity contribution in [1.29, 1.82) is 0 Å². The van der Waals surface area contributed by atoms with Gasteiger partial charge in [0.05, 0.1) is 17.7 Å². The number of hydrogen-bond acceptors (Lipinski definition) is 4. The second-order valence-corrected chi connectivity index (χ2v) is 4.26. The molecule has 0 aromatic heterocycles. The van der Waals surface area contributed by atoms with Gasteiger partial charge in [-0.1, -0.05) is 19.1 Å². The van der Waals surface area contributed by atoms with Gasteiger partial charge in [0.15, 0.2) is 0 Å². The largest absolute Gasteiger partial charge is 0.462 e. The lowest BCUT2D eigenvalue weighted by Crippen LogP contribution is -2.23. The molecule has 0 amide bonds. The lowest BCUT2D eigenvalue weighted by atomic mass is 10.1. The zero-order chi connectivity index (χ0) is 13.0. The molecule has 0 N–H and O–H groups in total. The minimum Gasteiger partial charge on any atom is -0.462 e. The van der Waals surface area contributed by atoms with Crippen LogP contribution in [0.1, 0.15) is 46.9 Å². The van der Waals surface area contributed by atoms with Gasteiger partial charge in [-0.05, 0) is 31.4 Å². The summed E-state index contributed by atoms with van der Waals surface area (Å²) in [6, 6.07) is 6.59. The van der Waals surface area contributed by atoms with Crippen molar-refractivity contribution in [2.45, 2.75) is 32.3 Å². The van der Waals surface area contributed by atoms with Crippen LogP contribution in [0.15, 0.2) is 24.3 Å². The number of ether oxygens (including phenoxy) is 2. The Balaban J connectivity index is 2.33. The van der Waals surface area contributed by atoms with E-state index in [9.17, 15) is 9.59 Å². The van der Waals surface area contributed by atoms with Crippen molar-refractivity contribution < 1.29 is 19.1 Å². The van der Waals surface area contributed by atoms with E-state index in [0.29, 0.717) is 13.0 Å². The van der Waals surface area contributed by atoms with E-state index in [1.54, 1.807) is 24.3 Å². The quantitative estimate of drug-likeness (QED) is 0.717. The molecular formula is C14H16O4. The summed E-state index contributed by atoms with van der Waals surface area (Å²) in [5.41, 5.74) is 0.558. The number of esters is 2. The number of rotatable bonds is 1. The molecule has 0 saturated carbocycles. The molecule has 1 aromatic rings. The van der Waals surface area contributed by atoms with E-state index in [4.69, 9.17) is 9.47 Å². The zero-order valence-electron chi connectivity index (χ0n) is 10.3. The summed E-state index contributed by atoms with van der Waals surface area (Å²) >= 11 is 0. The SMILES string of the molecule is CCC1CCCOC(=O)c2ccccc2C(=O)O1. The van der Waals surface area contributed by atoms with Gasteiger partial charge in [0.1, 0.15) is 6.10 Å². The molecule has 1 atom stereocenters. The fourth-order valence-corrected chi connectivity index (χ4v) is 1.95. The molecule has 0 saturated heterocycles. The first-order chi connectivity index (χ1) is 8.72. The Hall–Kier alpha value is -1.84. The van der Waals surface area contributed by atoms with Crippen molar-refractivity contribution in [3.8, 4) is 0 Å².